The summed E-state index contributed by atoms with van der Waals surface area (Å²) < 4.78 is 29.0. The second kappa shape index (κ2) is 5.71. The molecule has 0 saturated carbocycles. The number of nitrogens with one attached hydrogen (secondary N) is 1. The lowest BCUT2D eigenvalue weighted by molar-refractivity contribution is -0.117. The van der Waals surface area contributed by atoms with Crippen LogP contribution in [-0.4, -0.2) is 21.5 Å². The van der Waals surface area contributed by atoms with Gasteiger partial charge in [-0.1, -0.05) is 6.58 Å². The lowest BCUT2D eigenvalue weighted by atomic mass is 10.1. The molecule has 1 aliphatic rings. The topological polar surface area (TPSA) is 46.9 Å². The van der Waals surface area contributed by atoms with Gasteiger partial charge < -0.3 is 9.88 Å². The van der Waals surface area contributed by atoms with E-state index in [1.165, 1.54) is 6.08 Å². The molecule has 1 aromatic carbocycles. The van der Waals surface area contributed by atoms with Crippen LogP contribution in [0.5, 0.6) is 0 Å². The van der Waals surface area contributed by atoms with E-state index >= 15 is 0 Å². The summed E-state index contributed by atoms with van der Waals surface area (Å²) in [4.78, 5) is 15.7. The Morgan fingerprint density at radius 1 is 1.45 bits per heavy atom. The zero-order valence-electron chi connectivity index (χ0n) is 11.9. The standard InChI is InChI=1S/C16H15F2N3O/c1-2-16(22)19-11-4-6-15-20-14(9-21(15)8-11)12-7-10(17)3-5-13(12)18/h2-3,5,7,9,11H,1,4,6,8H2,(H,19,22)/t11-/m0/s1. The van der Waals surface area contributed by atoms with Gasteiger partial charge in [0, 0.05) is 30.8 Å². The maximum atomic E-state index is 13.8. The molecule has 0 unspecified atom stereocenters. The lowest BCUT2D eigenvalue weighted by Crippen LogP contribution is -2.40. The third-order valence-corrected chi connectivity index (χ3v) is 3.73. The summed E-state index contributed by atoms with van der Waals surface area (Å²) in [6, 6.07) is 3.30. The van der Waals surface area contributed by atoms with Crippen molar-refractivity contribution in [3.05, 3.63) is 54.5 Å². The summed E-state index contributed by atoms with van der Waals surface area (Å²) in [6.45, 7) is 3.98. The van der Waals surface area contributed by atoms with Gasteiger partial charge in [0.05, 0.1) is 5.69 Å². The quantitative estimate of drug-likeness (QED) is 0.885. The summed E-state index contributed by atoms with van der Waals surface area (Å²) in [5.41, 5.74) is 0.552. The molecule has 6 heteroatoms. The van der Waals surface area contributed by atoms with Gasteiger partial charge in [-0.05, 0) is 30.7 Å². The molecule has 0 radical (unpaired) electrons. The highest BCUT2D eigenvalue weighted by atomic mass is 19.1. The highest BCUT2D eigenvalue weighted by Crippen LogP contribution is 2.25. The molecule has 1 aromatic heterocycles. The van der Waals surface area contributed by atoms with Gasteiger partial charge in [-0.25, -0.2) is 13.8 Å². The van der Waals surface area contributed by atoms with E-state index in [0.717, 1.165) is 30.4 Å². The van der Waals surface area contributed by atoms with Crippen LogP contribution >= 0.6 is 0 Å². The van der Waals surface area contributed by atoms with Gasteiger partial charge in [-0.2, -0.15) is 0 Å². The minimum absolute atomic E-state index is 0.0163. The minimum atomic E-state index is -0.506. The van der Waals surface area contributed by atoms with Gasteiger partial charge in [-0.15, -0.1) is 0 Å². The number of aromatic nitrogens is 2. The van der Waals surface area contributed by atoms with E-state index < -0.39 is 11.6 Å². The predicted octanol–water partition coefficient (Wildman–Crippen LogP) is 2.45. The lowest BCUT2D eigenvalue weighted by Gasteiger charge is -2.24. The van der Waals surface area contributed by atoms with Crippen LogP contribution < -0.4 is 5.32 Å². The van der Waals surface area contributed by atoms with Crippen LogP contribution in [0.3, 0.4) is 0 Å². The van der Waals surface area contributed by atoms with Crippen LogP contribution in [0.15, 0.2) is 37.1 Å². The Bertz CT molecular complexity index is 739. The average molecular weight is 303 g/mol. The second-order valence-corrected chi connectivity index (χ2v) is 5.27. The Labute approximate surface area is 126 Å². The summed E-state index contributed by atoms with van der Waals surface area (Å²) in [5, 5.41) is 2.84. The molecule has 0 aliphatic carbocycles. The number of fused-ring (bicyclic) bond motifs is 1. The fraction of sp³-hybridized carbons (Fsp3) is 0.250. The number of hydrogen-bond donors (Lipinski definition) is 1. The highest BCUT2D eigenvalue weighted by molar-refractivity contribution is 5.87. The third kappa shape index (κ3) is 2.77. The van der Waals surface area contributed by atoms with E-state index in [1.54, 1.807) is 6.20 Å². The van der Waals surface area contributed by atoms with Crippen molar-refractivity contribution in [2.75, 3.05) is 0 Å². The molecule has 114 valence electrons. The molecule has 1 N–H and O–H groups in total. The van der Waals surface area contributed by atoms with E-state index in [1.807, 2.05) is 4.57 Å². The van der Waals surface area contributed by atoms with Crippen molar-refractivity contribution in [1.82, 2.24) is 14.9 Å². The highest BCUT2D eigenvalue weighted by Gasteiger charge is 2.22. The zero-order valence-corrected chi connectivity index (χ0v) is 11.9. The van der Waals surface area contributed by atoms with Crippen molar-refractivity contribution in [3.63, 3.8) is 0 Å². The molecule has 1 amide bonds. The molecule has 3 rings (SSSR count). The smallest absolute Gasteiger partial charge is 0.243 e. The Morgan fingerprint density at radius 2 is 2.27 bits per heavy atom. The van der Waals surface area contributed by atoms with Crippen molar-refractivity contribution < 1.29 is 13.6 Å². The number of rotatable bonds is 3. The second-order valence-electron chi connectivity index (χ2n) is 5.27. The number of benzene rings is 1. The van der Waals surface area contributed by atoms with E-state index in [4.69, 9.17) is 0 Å². The number of carbonyl (C=O) groups is 1. The van der Waals surface area contributed by atoms with Crippen LogP contribution in [0.2, 0.25) is 0 Å². The first-order chi connectivity index (χ1) is 10.6. The fourth-order valence-electron chi connectivity index (χ4n) is 2.65. The molecule has 1 atom stereocenters. The van der Waals surface area contributed by atoms with Crippen molar-refractivity contribution in [2.24, 2.45) is 0 Å². The number of aryl methyl sites for hydroxylation is 1. The molecule has 0 saturated heterocycles. The van der Waals surface area contributed by atoms with Crippen molar-refractivity contribution in [2.45, 2.75) is 25.4 Å². The van der Waals surface area contributed by atoms with Gasteiger partial charge in [0.15, 0.2) is 0 Å². The van der Waals surface area contributed by atoms with Crippen molar-refractivity contribution in [1.29, 1.82) is 0 Å². The molecule has 0 fully saturated rings. The van der Waals surface area contributed by atoms with Crippen molar-refractivity contribution >= 4 is 5.91 Å². The van der Waals surface area contributed by atoms with E-state index in [0.29, 0.717) is 18.7 Å². The monoisotopic (exact) mass is 303 g/mol. The summed E-state index contributed by atoms with van der Waals surface area (Å²) in [6.07, 6.45) is 4.34. The third-order valence-electron chi connectivity index (χ3n) is 3.73. The number of nitrogens with zero attached hydrogens (tertiary/aromatic N) is 2. The number of amides is 1. The summed E-state index contributed by atoms with van der Waals surface area (Å²) in [5.74, 6) is -0.417. The van der Waals surface area contributed by atoms with Crippen LogP contribution in [-0.2, 0) is 17.8 Å². The van der Waals surface area contributed by atoms with Crippen molar-refractivity contribution in [3.8, 4) is 11.3 Å². The Kier molecular flexibility index (Phi) is 3.75. The number of imidazole rings is 1. The molecule has 2 heterocycles. The van der Waals surface area contributed by atoms with Gasteiger partial charge in [0.1, 0.15) is 17.5 Å². The Balaban J connectivity index is 1.86. The maximum Gasteiger partial charge on any atom is 0.243 e. The van der Waals surface area contributed by atoms with Gasteiger partial charge in [0.25, 0.3) is 0 Å². The summed E-state index contributed by atoms with van der Waals surface area (Å²) >= 11 is 0. The summed E-state index contributed by atoms with van der Waals surface area (Å²) in [7, 11) is 0. The van der Waals surface area contributed by atoms with E-state index in [9.17, 15) is 13.6 Å². The Hall–Kier alpha value is -2.50. The molecular formula is C16H15F2N3O. The van der Waals surface area contributed by atoms with Crippen LogP contribution in [0, 0.1) is 11.6 Å². The first kappa shape index (κ1) is 14.4. The van der Waals surface area contributed by atoms with E-state index in [-0.39, 0.29) is 17.5 Å². The van der Waals surface area contributed by atoms with Crippen LogP contribution in [0.25, 0.3) is 11.3 Å². The van der Waals surface area contributed by atoms with Gasteiger partial charge in [-0.3, -0.25) is 4.79 Å². The largest absolute Gasteiger partial charge is 0.348 e. The molecule has 0 bridgehead atoms. The molecule has 2 aromatic rings. The number of hydrogen-bond acceptors (Lipinski definition) is 2. The zero-order chi connectivity index (χ0) is 15.7. The first-order valence-electron chi connectivity index (χ1n) is 7.01. The molecule has 22 heavy (non-hydrogen) atoms. The number of carbonyl (C=O) groups excluding carboxylic acids is 1. The van der Waals surface area contributed by atoms with Gasteiger partial charge >= 0.3 is 0 Å². The van der Waals surface area contributed by atoms with E-state index in [2.05, 4.69) is 16.9 Å². The van der Waals surface area contributed by atoms with Crippen LogP contribution in [0.1, 0.15) is 12.2 Å². The first-order valence-corrected chi connectivity index (χ1v) is 7.01. The van der Waals surface area contributed by atoms with Crippen LogP contribution in [0.4, 0.5) is 8.78 Å². The normalized spacial score (nSPS) is 16.9. The van der Waals surface area contributed by atoms with Gasteiger partial charge in [0.2, 0.25) is 5.91 Å². The predicted molar refractivity (Wildman–Crippen MR) is 78.0 cm³/mol. The maximum absolute atomic E-state index is 13.8. The molecule has 4 nitrogen and oxygen atoms in total. The Morgan fingerprint density at radius 3 is 3.05 bits per heavy atom. The number of halogens is 2. The SMILES string of the molecule is C=CC(=O)N[C@H]1CCc2nc(-c3cc(F)ccc3F)cn2C1. The average Bonchev–Trinajstić information content (AvgIpc) is 2.92. The molecule has 1 aliphatic heterocycles. The molecule has 0 spiro atoms. The minimum Gasteiger partial charge on any atom is -0.348 e. The fourth-order valence-corrected chi connectivity index (χ4v) is 2.65. The molecular weight excluding hydrogens is 288 g/mol.